The van der Waals surface area contributed by atoms with Crippen molar-refractivity contribution in [2.24, 2.45) is 9.98 Å². The largest absolute Gasteiger partial charge is 0.259 e. The summed E-state index contributed by atoms with van der Waals surface area (Å²) in [6.45, 7) is 6.14. The van der Waals surface area contributed by atoms with Gasteiger partial charge in [-0.05, 0) is 24.1 Å². The van der Waals surface area contributed by atoms with Crippen molar-refractivity contribution in [2.75, 3.05) is 0 Å². The molecule has 1 aromatic rings. The van der Waals surface area contributed by atoms with Crippen molar-refractivity contribution in [3.8, 4) is 0 Å². The molecule has 1 aliphatic heterocycles. The van der Waals surface area contributed by atoms with Crippen LogP contribution in [0.5, 0.6) is 0 Å². The maximum atomic E-state index is 4.35. The Hall–Kier alpha value is -1.44. The first kappa shape index (κ1) is 11.6. The molecule has 2 nitrogen and oxygen atoms in total. The van der Waals surface area contributed by atoms with Gasteiger partial charge in [-0.15, -0.1) is 0 Å². The molecule has 0 amide bonds. The number of hydrogen-bond donors (Lipinski definition) is 0. The smallest absolute Gasteiger partial charge is 0.0884 e. The van der Waals surface area contributed by atoms with Crippen molar-refractivity contribution in [1.82, 2.24) is 0 Å². The van der Waals surface area contributed by atoms with Crippen LogP contribution in [0.15, 0.2) is 28.2 Å². The summed E-state index contributed by atoms with van der Waals surface area (Å²) in [5, 5.41) is 0. The third-order valence-corrected chi connectivity index (χ3v) is 2.12. The van der Waals surface area contributed by atoms with Gasteiger partial charge in [0.2, 0.25) is 0 Å². The molecule has 0 N–H and O–H groups in total. The monoisotopic (exact) mass is 202 g/mol. The molecule has 0 unspecified atom stereocenters. The van der Waals surface area contributed by atoms with Gasteiger partial charge >= 0.3 is 0 Å². The number of hydrogen-bond acceptors (Lipinski definition) is 2. The number of fused-ring (bicyclic) bond motifs is 1. The minimum atomic E-state index is 0.830. The summed E-state index contributed by atoms with van der Waals surface area (Å²) < 4.78 is 0. The molecule has 0 aromatic heterocycles. The van der Waals surface area contributed by atoms with E-state index in [0.29, 0.717) is 0 Å². The Bertz CT molecular complexity index is 365. The highest BCUT2D eigenvalue weighted by Gasteiger charge is 2.01. The first-order chi connectivity index (χ1) is 7.40. The van der Waals surface area contributed by atoms with Gasteiger partial charge in [-0.3, -0.25) is 9.98 Å². The molecular formula is C13H18N2. The summed E-state index contributed by atoms with van der Waals surface area (Å²) >= 11 is 0. The summed E-state index contributed by atoms with van der Waals surface area (Å²) in [5.41, 5.74) is 3.28. The predicted octanol–water partition coefficient (Wildman–Crippen LogP) is 4.08. The zero-order chi connectivity index (χ0) is 11.1. The molecule has 0 bridgehead atoms. The summed E-state index contributed by atoms with van der Waals surface area (Å²) in [7, 11) is 0. The second-order valence-corrected chi connectivity index (χ2v) is 3.04. The summed E-state index contributed by atoms with van der Waals surface area (Å²) in [4.78, 5) is 8.66. The quantitative estimate of drug-likeness (QED) is 0.655. The van der Waals surface area contributed by atoms with Crippen LogP contribution in [-0.2, 0) is 6.42 Å². The third kappa shape index (κ3) is 3.01. The van der Waals surface area contributed by atoms with Crippen LogP contribution in [-0.4, -0.2) is 12.4 Å². The molecule has 2 rings (SSSR count). The zero-order valence-corrected chi connectivity index (χ0v) is 9.70. The van der Waals surface area contributed by atoms with E-state index in [0.717, 1.165) is 24.2 Å². The minimum absolute atomic E-state index is 0.830. The molecule has 1 heterocycles. The Labute approximate surface area is 91.8 Å². The molecule has 0 aliphatic carbocycles. The van der Waals surface area contributed by atoms with Gasteiger partial charge in [0.1, 0.15) is 0 Å². The molecular weight excluding hydrogens is 184 g/mol. The van der Waals surface area contributed by atoms with E-state index < -0.39 is 0 Å². The normalized spacial score (nSPS) is 12.5. The molecule has 1 aliphatic rings. The minimum Gasteiger partial charge on any atom is -0.259 e. The van der Waals surface area contributed by atoms with Crippen molar-refractivity contribution >= 4 is 23.8 Å². The average molecular weight is 202 g/mol. The molecule has 0 atom stereocenters. The predicted molar refractivity (Wildman–Crippen MR) is 68.1 cm³/mol. The lowest BCUT2D eigenvalue weighted by Gasteiger charge is -2.01. The van der Waals surface area contributed by atoms with Crippen molar-refractivity contribution in [3.63, 3.8) is 0 Å². The zero-order valence-electron chi connectivity index (χ0n) is 9.70. The lowest BCUT2D eigenvalue weighted by molar-refractivity contribution is 1.14. The van der Waals surface area contributed by atoms with E-state index >= 15 is 0 Å². The van der Waals surface area contributed by atoms with Crippen LogP contribution >= 0.6 is 0 Å². The summed E-state index contributed by atoms with van der Waals surface area (Å²) in [6.07, 6.45) is 5.67. The van der Waals surface area contributed by atoms with Gasteiger partial charge in [-0.2, -0.15) is 0 Å². The van der Waals surface area contributed by atoms with Crippen LogP contribution in [0.2, 0.25) is 0 Å². The Morgan fingerprint density at radius 2 is 1.73 bits per heavy atom. The summed E-state index contributed by atoms with van der Waals surface area (Å²) in [6, 6.07) is 6.25. The molecule has 80 valence electrons. The molecule has 0 fully saturated rings. The van der Waals surface area contributed by atoms with Gasteiger partial charge in [0.15, 0.2) is 0 Å². The fourth-order valence-corrected chi connectivity index (χ4v) is 1.35. The van der Waals surface area contributed by atoms with E-state index in [1.807, 2.05) is 32.3 Å². The first-order valence-corrected chi connectivity index (χ1v) is 5.58. The van der Waals surface area contributed by atoms with Gasteiger partial charge in [0, 0.05) is 18.9 Å². The third-order valence-electron chi connectivity index (χ3n) is 2.12. The highest BCUT2D eigenvalue weighted by atomic mass is 14.8. The lowest BCUT2D eigenvalue weighted by atomic mass is 10.1. The fraction of sp³-hybridized carbons (Fsp3) is 0.385. The molecule has 0 spiro atoms. The Balaban J connectivity index is 0.000000531. The molecule has 0 saturated carbocycles. The van der Waals surface area contributed by atoms with Crippen LogP contribution in [0.3, 0.4) is 0 Å². The van der Waals surface area contributed by atoms with E-state index in [9.17, 15) is 0 Å². The molecule has 1 aromatic carbocycles. The van der Waals surface area contributed by atoms with Gasteiger partial charge in [0.25, 0.3) is 0 Å². The van der Waals surface area contributed by atoms with Gasteiger partial charge < -0.3 is 0 Å². The SMILES string of the molecule is CC.CCc1ccc2c(c1)N=CCC=N2. The van der Waals surface area contributed by atoms with Crippen molar-refractivity contribution in [3.05, 3.63) is 23.8 Å². The maximum absolute atomic E-state index is 4.35. The highest BCUT2D eigenvalue weighted by molar-refractivity contribution is 5.87. The molecule has 0 saturated heterocycles. The van der Waals surface area contributed by atoms with Crippen LogP contribution in [0.25, 0.3) is 0 Å². The molecule has 0 radical (unpaired) electrons. The lowest BCUT2D eigenvalue weighted by Crippen LogP contribution is -1.78. The van der Waals surface area contributed by atoms with Crippen molar-refractivity contribution in [1.29, 1.82) is 0 Å². The average Bonchev–Trinajstić information content (AvgIpc) is 2.55. The summed E-state index contributed by atoms with van der Waals surface area (Å²) in [5.74, 6) is 0. The maximum Gasteiger partial charge on any atom is 0.0884 e. The van der Waals surface area contributed by atoms with Gasteiger partial charge in [-0.1, -0.05) is 26.8 Å². The number of benzene rings is 1. The van der Waals surface area contributed by atoms with E-state index in [-0.39, 0.29) is 0 Å². The van der Waals surface area contributed by atoms with Crippen molar-refractivity contribution < 1.29 is 0 Å². The van der Waals surface area contributed by atoms with E-state index in [4.69, 9.17) is 0 Å². The van der Waals surface area contributed by atoms with Crippen LogP contribution in [0.4, 0.5) is 11.4 Å². The highest BCUT2D eigenvalue weighted by Crippen LogP contribution is 2.29. The standard InChI is InChI=1S/C11H12N2.C2H6/c1-2-9-4-5-10-11(8-9)13-7-3-6-12-10;1-2/h4-8H,2-3H2,1H3;1-2H3. The number of aliphatic imine (C=N–C) groups is 2. The fourth-order valence-electron chi connectivity index (χ4n) is 1.35. The molecule has 15 heavy (non-hydrogen) atoms. The van der Waals surface area contributed by atoms with Crippen LogP contribution < -0.4 is 0 Å². The van der Waals surface area contributed by atoms with Gasteiger partial charge in [0.05, 0.1) is 11.4 Å². The van der Waals surface area contributed by atoms with Gasteiger partial charge in [-0.25, -0.2) is 0 Å². The van der Waals surface area contributed by atoms with Crippen molar-refractivity contribution in [2.45, 2.75) is 33.6 Å². The van der Waals surface area contributed by atoms with E-state index in [1.54, 1.807) is 0 Å². The molecule has 2 heteroatoms. The van der Waals surface area contributed by atoms with E-state index in [2.05, 4.69) is 29.0 Å². The van der Waals surface area contributed by atoms with Crippen LogP contribution in [0, 0.1) is 0 Å². The second kappa shape index (κ2) is 6.12. The van der Waals surface area contributed by atoms with Crippen LogP contribution in [0.1, 0.15) is 32.8 Å². The number of aryl methyl sites for hydroxylation is 1. The number of rotatable bonds is 1. The Kier molecular flexibility index (Phi) is 4.75. The Morgan fingerprint density at radius 1 is 1.07 bits per heavy atom. The second-order valence-electron chi connectivity index (χ2n) is 3.04. The first-order valence-electron chi connectivity index (χ1n) is 5.58. The topological polar surface area (TPSA) is 24.7 Å². The Morgan fingerprint density at radius 3 is 2.40 bits per heavy atom. The number of nitrogens with zero attached hydrogens (tertiary/aromatic N) is 2. The van der Waals surface area contributed by atoms with E-state index in [1.165, 1.54) is 5.56 Å².